The van der Waals surface area contributed by atoms with Gasteiger partial charge in [0, 0.05) is 18.5 Å². The number of nitrogens with zero attached hydrogens (tertiary/aromatic N) is 1. The number of halogens is 1. The Morgan fingerprint density at radius 3 is 2.87 bits per heavy atom. The molecule has 0 saturated carbocycles. The highest BCUT2D eigenvalue weighted by molar-refractivity contribution is 5.85. The van der Waals surface area contributed by atoms with Crippen LogP contribution in [0.4, 0.5) is 0 Å². The standard InChI is InChI=1S/C18H24N2O2.ClH/c1-3-10-20(18(21)15-8-9-19-12-15)13(2)17-11-14-6-4-5-7-16(14)22-17;/h4-7,11,13,15,19H,3,8-10,12H2,1-2H3;1H. The Hall–Kier alpha value is -1.52. The lowest BCUT2D eigenvalue weighted by Gasteiger charge is -2.30. The molecule has 1 aliphatic heterocycles. The molecule has 1 N–H and O–H groups in total. The van der Waals surface area contributed by atoms with E-state index in [-0.39, 0.29) is 30.3 Å². The maximum Gasteiger partial charge on any atom is 0.227 e. The number of carbonyl (C=O) groups is 1. The van der Waals surface area contributed by atoms with Crippen molar-refractivity contribution in [3.8, 4) is 0 Å². The molecule has 3 rings (SSSR count). The number of rotatable bonds is 5. The topological polar surface area (TPSA) is 45.5 Å². The Morgan fingerprint density at radius 1 is 1.43 bits per heavy atom. The largest absolute Gasteiger partial charge is 0.459 e. The molecule has 1 aromatic carbocycles. The molecule has 5 heteroatoms. The molecule has 2 atom stereocenters. The second-order valence-electron chi connectivity index (χ2n) is 6.08. The first kappa shape index (κ1) is 17.8. The molecule has 1 aliphatic rings. The summed E-state index contributed by atoms with van der Waals surface area (Å²) in [4.78, 5) is 14.8. The van der Waals surface area contributed by atoms with E-state index in [2.05, 4.69) is 25.2 Å². The quantitative estimate of drug-likeness (QED) is 0.904. The third-order valence-corrected chi connectivity index (χ3v) is 4.48. The summed E-state index contributed by atoms with van der Waals surface area (Å²) in [5.74, 6) is 1.23. The molecule has 23 heavy (non-hydrogen) atoms. The molecule has 2 heterocycles. The first-order valence-corrected chi connectivity index (χ1v) is 8.20. The molecule has 1 saturated heterocycles. The molecular formula is C18H25ClN2O2. The van der Waals surface area contributed by atoms with Gasteiger partial charge in [-0.15, -0.1) is 12.4 Å². The van der Waals surface area contributed by atoms with Crippen molar-refractivity contribution >= 4 is 29.3 Å². The van der Waals surface area contributed by atoms with Crippen LogP contribution in [0, 0.1) is 5.92 Å². The van der Waals surface area contributed by atoms with Crippen molar-refractivity contribution < 1.29 is 9.21 Å². The second-order valence-corrected chi connectivity index (χ2v) is 6.08. The first-order valence-electron chi connectivity index (χ1n) is 8.20. The Balaban J connectivity index is 0.00000192. The molecule has 1 amide bonds. The molecule has 2 unspecified atom stereocenters. The smallest absolute Gasteiger partial charge is 0.227 e. The second kappa shape index (κ2) is 7.84. The van der Waals surface area contributed by atoms with Crippen molar-refractivity contribution in [1.29, 1.82) is 0 Å². The molecule has 2 aromatic rings. The van der Waals surface area contributed by atoms with E-state index in [1.54, 1.807) is 0 Å². The van der Waals surface area contributed by atoms with E-state index < -0.39 is 0 Å². The van der Waals surface area contributed by atoms with Gasteiger partial charge in [0.15, 0.2) is 0 Å². The lowest BCUT2D eigenvalue weighted by Crippen LogP contribution is -2.39. The van der Waals surface area contributed by atoms with Gasteiger partial charge in [0.05, 0.1) is 12.0 Å². The summed E-state index contributed by atoms with van der Waals surface area (Å²) in [6.45, 7) is 6.68. The van der Waals surface area contributed by atoms with Crippen LogP contribution in [0.15, 0.2) is 34.7 Å². The minimum atomic E-state index is -0.0274. The minimum Gasteiger partial charge on any atom is -0.459 e. The van der Waals surface area contributed by atoms with E-state index in [0.717, 1.165) is 49.2 Å². The number of nitrogens with one attached hydrogen (secondary N) is 1. The fourth-order valence-electron chi connectivity index (χ4n) is 3.20. The van der Waals surface area contributed by atoms with Crippen molar-refractivity contribution in [2.45, 2.75) is 32.7 Å². The van der Waals surface area contributed by atoms with Crippen LogP contribution in [0.5, 0.6) is 0 Å². The van der Waals surface area contributed by atoms with E-state index in [1.807, 2.05) is 29.2 Å². The monoisotopic (exact) mass is 336 g/mol. The van der Waals surface area contributed by atoms with Crippen LogP contribution in [-0.4, -0.2) is 30.4 Å². The number of para-hydroxylation sites is 1. The zero-order valence-corrected chi connectivity index (χ0v) is 14.6. The van der Waals surface area contributed by atoms with Gasteiger partial charge >= 0.3 is 0 Å². The first-order chi connectivity index (χ1) is 10.7. The van der Waals surface area contributed by atoms with Crippen molar-refractivity contribution in [2.75, 3.05) is 19.6 Å². The molecule has 4 nitrogen and oxygen atoms in total. The maximum atomic E-state index is 12.8. The van der Waals surface area contributed by atoms with Crippen LogP contribution < -0.4 is 5.32 Å². The molecule has 0 aliphatic carbocycles. The molecule has 0 bridgehead atoms. The van der Waals surface area contributed by atoms with Crippen LogP contribution in [-0.2, 0) is 4.79 Å². The molecule has 0 spiro atoms. The number of amides is 1. The summed E-state index contributed by atoms with van der Waals surface area (Å²) in [6.07, 6.45) is 1.89. The number of benzene rings is 1. The van der Waals surface area contributed by atoms with Crippen LogP contribution in [0.2, 0.25) is 0 Å². The van der Waals surface area contributed by atoms with Gasteiger partial charge in [-0.05, 0) is 38.4 Å². The van der Waals surface area contributed by atoms with Crippen molar-refractivity contribution in [1.82, 2.24) is 10.2 Å². The van der Waals surface area contributed by atoms with Crippen molar-refractivity contribution in [3.05, 3.63) is 36.1 Å². The SMILES string of the molecule is CCCN(C(=O)C1CCNC1)C(C)c1cc2ccccc2o1.Cl. The van der Waals surface area contributed by atoms with E-state index in [1.165, 1.54) is 0 Å². The third kappa shape index (κ3) is 3.70. The summed E-state index contributed by atoms with van der Waals surface area (Å²) in [5, 5.41) is 4.37. The lowest BCUT2D eigenvalue weighted by atomic mass is 10.1. The highest BCUT2D eigenvalue weighted by Gasteiger charge is 2.31. The summed E-state index contributed by atoms with van der Waals surface area (Å²) in [6, 6.07) is 10.0. The molecule has 126 valence electrons. The van der Waals surface area contributed by atoms with Crippen LogP contribution in [0.3, 0.4) is 0 Å². The Bertz CT molecular complexity index is 616. The fourth-order valence-corrected chi connectivity index (χ4v) is 3.20. The van der Waals surface area contributed by atoms with E-state index in [4.69, 9.17) is 4.42 Å². The number of fused-ring (bicyclic) bond motifs is 1. The molecular weight excluding hydrogens is 312 g/mol. The summed E-state index contributed by atoms with van der Waals surface area (Å²) >= 11 is 0. The molecule has 1 aromatic heterocycles. The van der Waals surface area contributed by atoms with Crippen LogP contribution in [0.1, 0.15) is 38.5 Å². The zero-order chi connectivity index (χ0) is 15.5. The van der Waals surface area contributed by atoms with Gasteiger partial charge < -0.3 is 14.6 Å². The number of hydrogen-bond acceptors (Lipinski definition) is 3. The van der Waals surface area contributed by atoms with Gasteiger partial charge in [0.25, 0.3) is 0 Å². The molecule has 0 radical (unpaired) electrons. The van der Waals surface area contributed by atoms with E-state index >= 15 is 0 Å². The summed E-state index contributed by atoms with van der Waals surface area (Å²) < 4.78 is 5.96. The van der Waals surface area contributed by atoms with Gasteiger partial charge in [0.1, 0.15) is 11.3 Å². The predicted octanol–water partition coefficient (Wildman–Crippen LogP) is 3.76. The highest BCUT2D eigenvalue weighted by Crippen LogP contribution is 2.29. The third-order valence-electron chi connectivity index (χ3n) is 4.48. The average Bonchev–Trinajstić information content (AvgIpc) is 3.19. The maximum absolute atomic E-state index is 12.8. The fraction of sp³-hybridized carbons (Fsp3) is 0.500. The van der Waals surface area contributed by atoms with Crippen molar-refractivity contribution in [2.24, 2.45) is 5.92 Å². The zero-order valence-electron chi connectivity index (χ0n) is 13.7. The van der Waals surface area contributed by atoms with E-state index in [9.17, 15) is 4.79 Å². The van der Waals surface area contributed by atoms with Gasteiger partial charge in [-0.3, -0.25) is 4.79 Å². The lowest BCUT2D eigenvalue weighted by molar-refractivity contribution is -0.137. The Kier molecular flexibility index (Phi) is 6.08. The van der Waals surface area contributed by atoms with Gasteiger partial charge in [0.2, 0.25) is 5.91 Å². The van der Waals surface area contributed by atoms with E-state index in [0.29, 0.717) is 0 Å². The van der Waals surface area contributed by atoms with Crippen LogP contribution in [0.25, 0.3) is 11.0 Å². The average molecular weight is 337 g/mol. The number of furan rings is 1. The minimum absolute atomic E-state index is 0. The predicted molar refractivity (Wildman–Crippen MR) is 94.9 cm³/mol. The summed E-state index contributed by atoms with van der Waals surface area (Å²) in [7, 11) is 0. The van der Waals surface area contributed by atoms with Crippen LogP contribution >= 0.6 is 12.4 Å². The summed E-state index contributed by atoms with van der Waals surface area (Å²) in [5.41, 5.74) is 0.885. The highest BCUT2D eigenvalue weighted by atomic mass is 35.5. The Morgan fingerprint density at radius 2 is 2.22 bits per heavy atom. The molecule has 1 fully saturated rings. The van der Waals surface area contributed by atoms with Crippen molar-refractivity contribution in [3.63, 3.8) is 0 Å². The normalized spacial score (nSPS) is 18.6. The van der Waals surface area contributed by atoms with Gasteiger partial charge in [-0.2, -0.15) is 0 Å². The van der Waals surface area contributed by atoms with Gasteiger partial charge in [-0.1, -0.05) is 25.1 Å². The Labute approximate surface area is 143 Å². The van der Waals surface area contributed by atoms with Gasteiger partial charge in [-0.25, -0.2) is 0 Å². The number of hydrogen-bond donors (Lipinski definition) is 1. The number of carbonyl (C=O) groups excluding carboxylic acids is 1.